The van der Waals surface area contributed by atoms with Gasteiger partial charge in [-0.3, -0.25) is 9.59 Å². The second-order valence-electron chi connectivity index (χ2n) is 7.31. The summed E-state index contributed by atoms with van der Waals surface area (Å²) in [7, 11) is 0. The molecule has 1 aliphatic heterocycles. The van der Waals surface area contributed by atoms with Gasteiger partial charge in [0, 0.05) is 18.8 Å². The lowest BCUT2D eigenvalue weighted by Crippen LogP contribution is -2.47. The van der Waals surface area contributed by atoms with Crippen LogP contribution < -0.4 is 0 Å². The fourth-order valence-electron chi connectivity index (χ4n) is 3.38. The largest absolute Gasteiger partial charge is 0.464 e. The molecule has 4 nitrogen and oxygen atoms in total. The van der Waals surface area contributed by atoms with E-state index in [1.165, 1.54) is 26.0 Å². The van der Waals surface area contributed by atoms with Gasteiger partial charge in [-0.25, -0.2) is 0 Å². The lowest BCUT2D eigenvalue weighted by atomic mass is 9.72. The van der Waals surface area contributed by atoms with Crippen molar-refractivity contribution >= 4 is 11.6 Å². The Morgan fingerprint density at radius 1 is 1.31 bits per heavy atom. The van der Waals surface area contributed by atoms with Crippen molar-refractivity contribution in [2.75, 3.05) is 0 Å². The van der Waals surface area contributed by atoms with Gasteiger partial charge in [0.1, 0.15) is 23.4 Å². The van der Waals surface area contributed by atoms with Gasteiger partial charge in [0.2, 0.25) is 0 Å². The number of allylic oxidation sites excluding steroid dienone is 4. The molecule has 26 heavy (non-hydrogen) atoms. The third-order valence-corrected chi connectivity index (χ3v) is 5.07. The minimum atomic E-state index is -1.58. The third-order valence-electron chi connectivity index (χ3n) is 5.07. The number of unbranched alkanes of at least 4 members (excludes halogenated alkanes) is 4. The standard InChI is InChI=1S/C22H30O4/c1-4-6-7-8-9-11-18(23)14-17-12-16-13-19(10-5-2)26-15-20(16)21(24)22(17,3)25/h5,10,12-13,15,17,25H,4,6-9,11,14H2,1-3H3/b10-5+/t17-,22+/m0/s1. The van der Waals surface area contributed by atoms with E-state index in [1.54, 1.807) is 6.08 Å². The topological polar surface area (TPSA) is 63.6 Å². The number of fused-ring (bicyclic) bond motifs is 1. The maximum absolute atomic E-state index is 12.7. The summed E-state index contributed by atoms with van der Waals surface area (Å²) in [4.78, 5) is 25.0. The van der Waals surface area contributed by atoms with Gasteiger partial charge in [-0.15, -0.1) is 0 Å². The van der Waals surface area contributed by atoms with Gasteiger partial charge < -0.3 is 9.84 Å². The van der Waals surface area contributed by atoms with Crippen molar-refractivity contribution in [3.05, 3.63) is 47.5 Å². The zero-order chi connectivity index (χ0) is 19.2. The van der Waals surface area contributed by atoms with Crippen LogP contribution >= 0.6 is 0 Å². The van der Waals surface area contributed by atoms with Crippen LogP contribution in [-0.4, -0.2) is 22.3 Å². The molecule has 1 N–H and O–H groups in total. The van der Waals surface area contributed by atoms with Crippen molar-refractivity contribution in [2.24, 2.45) is 5.92 Å². The Hall–Kier alpha value is -1.94. The predicted octanol–water partition coefficient (Wildman–Crippen LogP) is 4.56. The summed E-state index contributed by atoms with van der Waals surface area (Å²) in [5.41, 5.74) is -0.490. The Balaban J connectivity index is 2.08. The second kappa shape index (κ2) is 9.13. The van der Waals surface area contributed by atoms with E-state index in [0.29, 0.717) is 17.8 Å². The van der Waals surface area contributed by atoms with E-state index in [1.807, 2.05) is 25.2 Å². The summed E-state index contributed by atoms with van der Waals surface area (Å²) in [5, 5.41) is 10.7. The molecule has 142 valence electrons. The first-order chi connectivity index (χ1) is 12.4. The highest BCUT2D eigenvalue weighted by Crippen LogP contribution is 2.38. The van der Waals surface area contributed by atoms with Crippen molar-refractivity contribution in [1.29, 1.82) is 0 Å². The highest BCUT2D eigenvalue weighted by Gasteiger charge is 2.45. The first kappa shape index (κ1) is 20.4. The van der Waals surface area contributed by atoms with E-state index in [-0.39, 0.29) is 18.0 Å². The molecule has 1 aliphatic carbocycles. The first-order valence-corrected chi connectivity index (χ1v) is 9.62. The van der Waals surface area contributed by atoms with Gasteiger partial charge in [-0.05, 0) is 38.0 Å². The Kier molecular flexibility index (Phi) is 7.15. The molecule has 1 heterocycles. The molecule has 2 atom stereocenters. The number of hydrogen-bond donors (Lipinski definition) is 1. The maximum Gasteiger partial charge on any atom is 0.198 e. The predicted molar refractivity (Wildman–Crippen MR) is 102 cm³/mol. The molecule has 0 bridgehead atoms. The highest BCUT2D eigenvalue weighted by molar-refractivity contribution is 6.07. The van der Waals surface area contributed by atoms with E-state index in [9.17, 15) is 14.7 Å². The molecule has 0 saturated heterocycles. The molecule has 0 unspecified atom stereocenters. The van der Waals surface area contributed by atoms with Crippen LogP contribution in [0.5, 0.6) is 0 Å². The van der Waals surface area contributed by atoms with Gasteiger partial charge >= 0.3 is 0 Å². The molecule has 0 saturated carbocycles. The van der Waals surface area contributed by atoms with Gasteiger partial charge in [0.15, 0.2) is 5.78 Å². The van der Waals surface area contributed by atoms with Crippen molar-refractivity contribution in [3.63, 3.8) is 0 Å². The maximum atomic E-state index is 12.7. The number of rotatable bonds is 9. The van der Waals surface area contributed by atoms with Crippen LogP contribution in [-0.2, 0) is 14.3 Å². The SMILES string of the molecule is C/C=C/C1=CC2=C[C@@H](CC(=O)CCCCCCC)[C@@](C)(O)C(=O)C2=CO1. The molecule has 0 amide bonds. The third kappa shape index (κ3) is 4.82. The monoisotopic (exact) mass is 358 g/mol. The summed E-state index contributed by atoms with van der Waals surface area (Å²) < 4.78 is 5.43. The van der Waals surface area contributed by atoms with Crippen LogP contribution in [0.15, 0.2) is 47.5 Å². The number of aliphatic hydroxyl groups is 1. The van der Waals surface area contributed by atoms with Crippen LogP contribution in [0.1, 0.15) is 65.7 Å². The van der Waals surface area contributed by atoms with Gasteiger partial charge in [0.05, 0.1) is 5.57 Å². The number of carbonyl (C=O) groups excluding carboxylic acids is 2. The molecule has 2 rings (SSSR count). The number of carbonyl (C=O) groups is 2. The Morgan fingerprint density at radius 3 is 2.73 bits per heavy atom. The number of Topliss-reactive ketones (excluding diaryl/α,β-unsaturated/α-hetero) is 2. The summed E-state index contributed by atoms with van der Waals surface area (Å²) in [6.45, 7) is 5.54. The van der Waals surface area contributed by atoms with E-state index in [4.69, 9.17) is 4.74 Å². The zero-order valence-corrected chi connectivity index (χ0v) is 16.1. The second-order valence-corrected chi connectivity index (χ2v) is 7.31. The Morgan fingerprint density at radius 2 is 2.04 bits per heavy atom. The molecule has 0 spiro atoms. The van der Waals surface area contributed by atoms with E-state index in [2.05, 4.69) is 6.92 Å². The van der Waals surface area contributed by atoms with E-state index in [0.717, 1.165) is 24.8 Å². The van der Waals surface area contributed by atoms with E-state index < -0.39 is 11.5 Å². The molecule has 0 radical (unpaired) electrons. The molecule has 0 aromatic rings. The summed E-state index contributed by atoms with van der Waals surface area (Å²) in [6, 6.07) is 0. The summed E-state index contributed by atoms with van der Waals surface area (Å²) in [5.74, 6) is -0.149. The number of ether oxygens (including phenoxy) is 1. The quantitative estimate of drug-likeness (QED) is 0.614. The number of hydrogen-bond acceptors (Lipinski definition) is 4. The highest BCUT2D eigenvalue weighted by atomic mass is 16.5. The van der Waals surface area contributed by atoms with Gasteiger partial charge in [0.25, 0.3) is 0 Å². The lowest BCUT2D eigenvalue weighted by molar-refractivity contribution is -0.137. The molecule has 4 heteroatoms. The van der Waals surface area contributed by atoms with Crippen LogP contribution in [0.3, 0.4) is 0 Å². The van der Waals surface area contributed by atoms with Gasteiger partial charge in [-0.2, -0.15) is 0 Å². The molecule has 2 aliphatic rings. The fraction of sp³-hybridized carbons (Fsp3) is 0.545. The fourth-order valence-corrected chi connectivity index (χ4v) is 3.38. The zero-order valence-electron chi connectivity index (χ0n) is 16.1. The van der Waals surface area contributed by atoms with Crippen molar-refractivity contribution in [2.45, 2.75) is 71.3 Å². The molecule has 0 aromatic carbocycles. The van der Waals surface area contributed by atoms with Crippen LogP contribution in [0.4, 0.5) is 0 Å². The number of ketones is 2. The molecule has 0 fully saturated rings. The summed E-state index contributed by atoms with van der Waals surface area (Å²) >= 11 is 0. The normalized spacial score (nSPS) is 25.3. The van der Waals surface area contributed by atoms with E-state index >= 15 is 0 Å². The van der Waals surface area contributed by atoms with Crippen LogP contribution in [0.2, 0.25) is 0 Å². The van der Waals surface area contributed by atoms with Crippen molar-refractivity contribution in [1.82, 2.24) is 0 Å². The van der Waals surface area contributed by atoms with Crippen LogP contribution in [0, 0.1) is 5.92 Å². The van der Waals surface area contributed by atoms with Crippen LogP contribution in [0.25, 0.3) is 0 Å². The minimum Gasteiger partial charge on any atom is -0.464 e. The first-order valence-electron chi connectivity index (χ1n) is 9.62. The Bertz CT molecular complexity index is 662. The summed E-state index contributed by atoms with van der Waals surface area (Å²) in [6.07, 6.45) is 14.8. The molecular weight excluding hydrogens is 328 g/mol. The Labute approximate surface area is 156 Å². The minimum absolute atomic E-state index is 0.105. The lowest BCUT2D eigenvalue weighted by Gasteiger charge is -2.35. The van der Waals surface area contributed by atoms with Crippen molar-refractivity contribution in [3.8, 4) is 0 Å². The molecular formula is C22H30O4. The smallest absolute Gasteiger partial charge is 0.198 e. The molecule has 0 aromatic heterocycles. The van der Waals surface area contributed by atoms with Crippen molar-refractivity contribution < 1.29 is 19.4 Å². The van der Waals surface area contributed by atoms with Gasteiger partial charge in [-0.1, -0.05) is 44.8 Å². The average molecular weight is 358 g/mol. The average Bonchev–Trinajstić information content (AvgIpc) is 2.60.